The molecule has 0 amide bonds. The number of aryl methyl sites for hydroxylation is 2. The van der Waals surface area contributed by atoms with Crippen LogP contribution in [0.25, 0.3) is 11.1 Å². The highest BCUT2D eigenvalue weighted by molar-refractivity contribution is 5.64. The molecule has 17 heavy (non-hydrogen) atoms. The summed E-state index contributed by atoms with van der Waals surface area (Å²) in [4.78, 5) is 0. The predicted molar refractivity (Wildman–Crippen MR) is 74.0 cm³/mol. The Balaban J connectivity index is 2.23. The summed E-state index contributed by atoms with van der Waals surface area (Å²) in [5.74, 6) is 0. The Bertz CT molecular complexity index is 471. The van der Waals surface area contributed by atoms with Crippen LogP contribution in [-0.2, 0) is 6.42 Å². The molecule has 0 aromatic heterocycles. The van der Waals surface area contributed by atoms with Crippen molar-refractivity contribution in [3.63, 3.8) is 0 Å². The topological polar surface area (TPSA) is 26.0 Å². The summed E-state index contributed by atoms with van der Waals surface area (Å²) in [5, 5.41) is 0. The second-order valence-electron chi connectivity index (χ2n) is 4.46. The first-order chi connectivity index (χ1) is 8.29. The molecule has 1 heteroatoms. The zero-order chi connectivity index (χ0) is 12.1. The number of hydrogen-bond donors (Lipinski definition) is 1. The van der Waals surface area contributed by atoms with Crippen molar-refractivity contribution in [1.82, 2.24) is 0 Å². The van der Waals surface area contributed by atoms with Crippen LogP contribution in [0.3, 0.4) is 0 Å². The van der Waals surface area contributed by atoms with Gasteiger partial charge < -0.3 is 5.73 Å². The van der Waals surface area contributed by atoms with Gasteiger partial charge in [0.25, 0.3) is 0 Å². The summed E-state index contributed by atoms with van der Waals surface area (Å²) in [6.07, 6.45) is 2.12. The third-order valence-electron chi connectivity index (χ3n) is 2.98. The van der Waals surface area contributed by atoms with Gasteiger partial charge in [-0.05, 0) is 43.0 Å². The van der Waals surface area contributed by atoms with E-state index in [0.29, 0.717) is 0 Å². The molecule has 0 aliphatic heterocycles. The van der Waals surface area contributed by atoms with Gasteiger partial charge >= 0.3 is 0 Å². The van der Waals surface area contributed by atoms with E-state index < -0.39 is 0 Å². The largest absolute Gasteiger partial charge is 0.330 e. The molecular weight excluding hydrogens is 206 g/mol. The lowest BCUT2D eigenvalue weighted by molar-refractivity contribution is 0.833. The average molecular weight is 225 g/mol. The van der Waals surface area contributed by atoms with Crippen molar-refractivity contribution in [1.29, 1.82) is 0 Å². The monoisotopic (exact) mass is 225 g/mol. The van der Waals surface area contributed by atoms with E-state index in [4.69, 9.17) is 5.73 Å². The van der Waals surface area contributed by atoms with Crippen molar-refractivity contribution in [3.8, 4) is 11.1 Å². The van der Waals surface area contributed by atoms with Gasteiger partial charge in [0, 0.05) is 0 Å². The van der Waals surface area contributed by atoms with E-state index in [-0.39, 0.29) is 0 Å². The zero-order valence-electron chi connectivity index (χ0n) is 10.3. The second-order valence-corrected chi connectivity index (χ2v) is 4.46. The summed E-state index contributed by atoms with van der Waals surface area (Å²) in [5.41, 5.74) is 10.8. The molecule has 0 unspecified atom stereocenters. The minimum absolute atomic E-state index is 0.759. The van der Waals surface area contributed by atoms with Gasteiger partial charge in [-0.1, -0.05) is 54.1 Å². The molecule has 2 rings (SSSR count). The van der Waals surface area contributed by atoms with Crippen LogP contribution in [0.1, 0.15) is 17.5 Å². The van der Waals surface area contributed by atoms with E-state index in [9.17, 15) is 0 Å². The van der Waals surface area contributed by atoms with Crippen LogP contribution in [0.4, 0.5) is 0 Å². The molecular formula is C16H19N. The van der Waals surface area contributed by atoms with Crippen molar-refractivity contribution in [2.45, 2.75) is 19.8 Å². The molecule has 88 valence electrons. The van der Waals surface area contributed by atoms with E-state index in [1.807, 2.05) is 0 Å². The lowest BCUT2D eigenvalue weighted by atomic mass is 10.0. The zero-order valence-corrected chi connectivity index (χ0v) is 10.3. The number of nitrogens with two attached hydrogens (primary N) is 1. The number of rotatable bonds is 4. The summed E-state index contributed by atoms with van der Waals surface area (Å²) in [6.45, 7) is 2.87. The van der Waals surface area contributed by atoms with Gasteiger partial charge in [-0.25, -0.2) is 0 Å². The fourth-order valence-corrected chi connectivity index (χ4v) is 1.96. The molecule has 2 aromatic rings. The quantitative estimate of drug-likeness (QED) is 0.846. The van der Waals surface area contributed by atoms with Crippen molar-refractivity contribution in [3.05, 3.63) is 59.7 Å². The first kappa shape index (κ1) is 11.9. The summed E-state index contributed by atoms with van der Waals surface area (Å²) < 4.78 is 0. The second kappa shape index (κ2) is 5.65. The van der Waals surface area contributed by atoms with Gasteiger partial charge in [0.1, 0.15) is 0 Å². The number of benzene rings is 2. The molecule has 0 radical (unpaired) electrons. The van der Waals surface area contributed by atoms with Crippen LogP contribution in [0, 0.1) is 6.92 Å². The number of hydrogen-bond acceptors (Lipinski definition) is 1. The minimum atomic E-state index is 0.759. The average Bonchev–Trinajstić information content (AvgIpc) is 2.37. The Hall–Kier alpha value is -1.60. The molecule has 0 fully saturated rings. The van der Waals surface area contributed by atoms with Crippen molar-refractivity contribution < 1.29 is 0 Å². The molecule has 0 atom stereocenters. The summed E-state index contributed by atoms with van der Waals surface area (Å²) >= 11 is 0. The Morgan fingerprint density at radius 2 is 1.71 bits per heavy atom. The smallest absolute Gasteiger partial charge is 0.00741 e. The SMILES string of the molecule is Cc1ccc(-c2cccc(CCCN)c2)cc1. The Kier molecular flexibility index (Phi) is 3.94. The lowest BCUT2D eigenvalue weighted by Gasteiger charge is -2.05. The van der Waals surface area contributed by atoms with E-state index in [1.165, 1.54) is 22.3 Å². The Morgan fingerprint density at radius 1 is 0.941 bits per heavy atom. The first-order valence-electron chi connectivity index (χ1n) is 6.15. The highest BCUT2D eigenvalue weighted by Crippen LogP contribution is 2.21. The fraction of sp³-hybridized carbons (Fsp3) is 0.250. The van der Waals surface area contributed by atoms with Gasteiger partial charge in [0.15, 0.2) is 0 Å². The fourth-order valence-electron chi connectivity index (χ4n) is 1.96. The van der Waals surface area contributed by atoms with Crippen LogP contribution in [0.2, 0.25) is 0 Å². The minimum Gasteiger partial charge on any atom is -0.330 e. The van der Waals surface area contributed by atoms with Crippen LogP contribution >= 0.6 is 0 Å². The van der Waals surface area contributed by atoms with E-state index in [2.05, 4.69) is 55.5 Å². The maximum Gasteiger partial charge on any atom is -0.00741 e. The van der Waals surface area contributed by atoms with Crippen molar-refractivity contribution in [2.24, 2.45) is 5.73 Å². The van der Waals surface area contributed by atoms with Crippen molar-refractivity contribution in [2.75, 3.05) is 6.54 Å². The molecule has 0 heterocycles. The maximum atomic E-state index is 5.54. The summed E-state index contributed by atoms with van der Waals surface area (Å²) in [6, 6.07) is 17.4. The van der Waals surface area contributed by atoms with E-state index >= 15 is 0 Å². The van der Waals surface area contributed by atoms with E-state index in [0.717, 1.165) is 19.4 Å². The van der Waals surface area contributed by atoms with Crippen LogP contribution in [0.5, 0.6) is 0 Å². The molecule has 0 aliphatic carbocycles. The molecule has 1 nitrogen and oxygen atoms in total. The van der Waals surface area contributed by atoms with Gasteiger partial charge in [-0.3, -0.25) is 0 Å². The highest BCUT2D eigenvalue weighted by Gasteiger charge is 1.99. The highest BCUT2D eigenvalue weighted by atomic mass is 14.5. The maximum absolute atomic E-state index is 5.54. The molecule has 2 aromatic carbocycles. The van der Waals surface area contributed by atoms with E-state index in [1.54, 1.807) is 0 Å². The van der Waals surface area contributed by atoms with Crippen molar-refractivity contribution >= 4 is 0 Å². The van der Waals surface area contributed by atoms with Gasteiger partial charge in [0.2, 0.25) is 0 Å². The van der Waals surface area contributed by atoms with Gasteiger partial charge in [0.05, 0.1) is 0 Å². The molecule has 2 N–H and O–H groups in total. The third-order valence-corrected chi connectivity index (χ3v) is 2.98. The first-order valence-corrected chi connectivity index (χ1v) is 6.15. The van der Waals surface area contributed by atoms with Crippen LogP contribution in [0.15, 0.2) is 48.5 Å². The van der Waals surface area contributed by atoms with Gasteiger partial charge in [-0.15, -0.1) is 0 Å². The lowest BCUT2D eigenvalue weighted by Crippen LogP contribution is -2.00. The Labute approximate surface area is 103 Å². The van der Waals surface area contributed by atoms with Crippen LogP contribution < -0.4 is 5.73 Å². The molecule has 0 bridgehead atoms. The third kappa shape index (κ3) is 3.18. The predicted octanol–water partition coefficient (Wildman–Crippen LogP) is 3.55. The molecule has 0 saturated carbocycles. The molecule has 0 spiro atoms. The Morgan fingerprint density at radius 3 is 2.41 bits per heavy atom. The van der Waals surface area contributed by atoms with Crippen LogP contribution in [-0.4, -0.2) is 6.54 Å². The normalized spacial score (nSPS) is 10.5. The summed E-state index contributed by atoms with van der Waals surface area (Å²) in [7, 11) is 0. The standard InChI is InChI=1S/C16H19N/c1-13-7-9-15(10-8-13)16-6-2-4-14(12-16)5-3-11-17/h2,4,6-10,12H,3,5,11,17H2,1H3. The molecule has 0 aliphatic rings. The van der Waals surface area contributed by atoms with Gasteiger partial charge in [-0.2, -0.15) is 0 Å². The molecule has 0 saturated heterocycles.